The van der Waals surface area contributed by atoms with E-state index in [4.69, 9.17) is 0 Å². The van der Waals surface area contributed by atoms with E-state index in [0.717, 1.165) is 52.3 Å². The first-order chi connectivity index (χ1) is 12.6. The van der Waals surface area contributed by atoms with Gasteiger partial charge in [-0.2, -0.15) is 0 Å². The molecule has 0 spiro atoms. The molecule has 1 saturated heterocycles. The number of aryl methyl sites for hydroxylation is 1. The van der Waals surface area contributed by atoms with E-state index in [1.807, 2.05) is 30.8 Å². The van der Waals surface area contributed by atoms with Crippen molar-refractivity contribution in [2.45, 2.75) is 26.2 Å². The highest BCUT2D eigenvalue weighted by atomic mass is 32.1. The molecule has 0 unspecified atom stereocenters. The van der Waals surface area contributed by atoms with Crippen LogP contribution in [0.4, 0.5) is 5.69 Å². The lowest BCUT2D eigenvalue weighted by Crippen LogP contribution is -2.28. The number of aliphatic imine (C=N–C) groups is 1. The van der Waals surface area contributed by atoms with Gasteiger partial charge in [-0.1, -0.05) is 6.07 Å². The summed E-state index contributed by atoms with van der Waals surface area (Å²) in [7, 11) is 0. The maximum absolute atomic E-state index is 11.8. The molecule has 0 radical (unpaired) electrons. The number of piperidine rings is 1. The zero-order valence-electron chi connectivity index (χ0n) is 14.4. The molecule has 1 N–H and O–H groups in total. The van der Waals surface area contributed by atoms with Crippen LogP contribution in [-0.4, -0.2) is 40.4 Å². The van der Waals surface area contributed by atoms with Gasteiger partial charge in [0.15, 0.2) is 0 Å². The van der Waals surface area contributed by atoms with Crippen LogP contribution >= 0.6 is 22.7 Å². The fraction of sp³-hybridized carbons (Fsp3) is 0.316. The number of likely N-dealkylation sites (tertiary alicyclic amines) is 1. The van der Waals surface area contributed by atoms with Crippen molar-refractivity contribution in [1.82, 2.24) is 9.88 Å². The number of rotatable bonds is 4. The summed E-state index contributed by atoms with van der Waals surface area (Å²) in [6, 6.07) is 6.07. The monoisotopic (exact) mass is 385 g/mol. The van der Waals surface area contributed by atoms with Crippen LogP contribution in [-0.2, 0) is 0 Å². The van der Waals surface area contributed by atoms with Crippen molar-refractivity contribution < 1.29 is 9.90 Å². The zero-order chi connectivity index (χ0) is 18.1. The first-order valence-electron chi connectivity index (χ1n) is 8.63. The van der Waals surface area contributed by atoms with Crippen LogP contribution in [0.1, 0.15) is 34.6 Å². The SMILES string of the molecule is Cc1cc(-c2cccs2)c2c(N=CN3CCCCC3)c(C(=O)O)sc2n1. The molecule has 3 aromatic rings. The summed E-state index contributed by atoms with van der Waals surface area (Å²) in [6.45, 7) is 3.89. The van der Waals surface area contributed by atoms with E-state index in [2.05, 4.69) is 20.9 Å². The lowest BCUT2D eigenvalue weighted by molar-refractivity contribution is 0.0703. The summed E-state index contributed by atoms with van der Waals surface area (Å²) in [4.78, 5) is 25.3. The van der Waals surface area contributed by atoms with Crippen molar-refractivity contribution in [2.24, 2.45) is 4.99 Å². The van der Waals surface area contributed by atoms with Gasteiger partial charge >= 0.3 is 5.97 Å². The number of hydrogen-bond acceptors (Lipinski definition) is 5. The van der Waals surface area contributed by atoms with Crippen molar-refractivity contribution in [3.63, 3.8) is 0 Å². The molecule has 4 rings (SSSR count). The smallest absolute Gasteiger partial charge is 0.348 e. The quantitative estimate of drug-likeness (QED) is 0.496. The van der Waals surface area contributed by atoms with Crippen molar-refractivity contribution in [3.05, 3.63) is 34.2 Å². The average Bonchev–Trinajstić information content (AvgIpc) is 3.28. The lowest BCUT2D eigenvalue weighted by atomic mass is 10.1. The van der Waals surface area contributed by atoms with Crippen LogP contribution < -0.4 is 0 Å². The van der Waals surface area contributed by atoms with Crippen LogP contribution in [0.3, 0.4) is 0 Å². The number of carbonyl (C=O) groups is 1. The van der Waals surface area contributed by atoms with Gasteiger partial charge < -0.3 is 10.0 Å². The molecule has 0 bridgehead atoms. The second-order valence-electron chi connectivity index (χ2n) is 6.39. The summed E-state index contributed by atoms with van der Waals surface area (Å²) < 4.78 is 0. The highest BCUT2D eigenvalue weighted by molar-refractivity contribution is 7.21. The van der Waals surface area contributed by atoms with E-state index < -0.39 is 5.97 Å². The number of pyridine rings is 1. The maximum atomic E-state index is 11.8. The molecule has 3 aromatic heterocycles. The number of hydrogen-bond donors (Lipinski definition) is 1. The van der Waals surface area contributed by atoms with Gasteiger partial charge in [-0.05, 0) is 43.7 Å². The number of aromatic carboxylic acids is 1. The normalized spacial score (nSPS) is 15.2. The first-order valence-corrected chi connectivity index (χ1v) is 10.3. The molecule has 1 aliphatic rings. The van der Waals surface area contributed by atoms with Gasteiger partial charge in [-0.3, -0.25) is 0 Å². The Morgan fingerprint density at radius 2 is 2.15 bits per heavy atom. The van der Waals surface area contributed by atoms with Gasteiger partial charge in [-0.15, -0.1) is 22.7 Å². The van der Waals surface area contributed by atoms with Crippen molar-refractivity contribution in [1.29, 1.82) is 0 Å². The third-order valence-corrected chi connectivity index (χ3v) is 6.45. The molecule has 0 saturated carbocycles. The summed E-state index contributed by atoms with van der Waals surface area (Å²) in [5.74, 6) is -0.950. The standard InChI is InChI=1S/C19H19N3O2S2/c1-12-10-13(14-6-5-9-25-14)15-16(17(19(23)24)26-18(15)21-12)20-11-22-7-3-2-4-8-22/h5-6,9-11H,2-4,7-8H2,1H3,(H,23,24). The number of thiophene rings is 2. The minimum atomic E-state index is -0.950. The molecule has 1 aliphatic heterocycles. The van der Waals surface area contributed by atoms with Gasteiger partial charge in [-0.25, -0.2) is 14.8 Å². The van der Waals surface area contributed by atoms with Gasteiger partial charge in [0.25, 0.3) is 0 Å². The minimum Gasteiger partial charge on any atom is -0.477 e. The summed E-state index contributed by atoms with van der Waals surface area (Å²) in [6.07, 6.45) is 5.37. The Kier molecular flexibility index (Phi) is 4.74. The highest BCUT2D eigenvalue weighted by Crippen LogP contribution is 2.43. The molecule has 26 heavy (non-hydrogen) atoms. The molecule has 0 amide bonds. The van der Waals surface area contributed by atoms with Crippen LogP contribution in [0, 0.1) is 6.92 Å². The molecular weight excluding hydrogens is 366 g/mol. The van der Waals surface area contributed by atoms with E-state index in [-0.39, 0.29) is 4.88 Å². The first kappa shape index (κ1) is 17.2. The summed E-state index contributed by atoms with van der Waals surface area (Å²) >= 11 is 2.85. The molecule has 7 heteroatoms. The Balaban J connectivity index is 1.90. The molecule has 0 aliphatic carbocycles. The topological polar surface area (TPSA) is 65.8 Å². The molecule has 5 nitrogen and oxygen atoms in total. The predicted molar refractivity (Wildman–Crippen MR) is 108 cm³/mol. The van der Waals surface area contributed by atoms with Crippen molar-refractivity contribution in [2.75, 3.05) is 13.1 Å². The van der Waals surface area contributed by atoms with Crippen LogP contribution in [0.2, 0.25) is 0 Å². The number of aromatic nitrogens is 1. The molecule has 0 atom stereocenters. The fourth-order valence-corrected chi connectivity index (χ4v) is 5.05. The van der Waals surface area contributed by atoms with Crippen molar-refractivity contribution >= 4 is 50.9 Å². The third kappa shape index (κ3) is 3.24. The van der Waals surface area contributed by atoms with Gasteiger partial charge in [0.2, 0.25) is 0 Å². The van der Waals surface area contributed by atoms with E-state index >= 15 is 0 Å². The Morgan fingerprint density at radius 3 is 2.85 bits per heavy atom. The van der Waals surface area contributed by atoms with Crippen LogP contribution in [0.5, 0.6) is 0 Å². The Morgan fingerprint density at radius 1 is 1.35 bits per heavy atom. The molecular formula is C19H19N3O2S2. The van der Waals surface area contributed by atoms with Gasteiger partial charge in [0.1, 0.15) is 15.4 Å². The average molecular weight is 386 g/mol. The van der Waals surface area contributed by atoms with Gasteiger partial charge in [0, 0.05) is 34.6 Å². The zero-order valence-corrected chi connectivity index (χ0v) is 16.1. The number of carboxylic acids is 1. The minimum absolute atomic E-state index is 0.254. The van der Waals surface area contributed by atoms with E-state index in [0.29, 0.717) is 5.69 Å². The summed E-state index contributed by atoms with van der Waals surface area (Å²) in [5, 5.41) is 12.6. The summed E-state index contributed by atoms with van der Waals surface area (Å²) in [5.41, 5.74) is 2.42. The van der Waals surface area contributed by atoms with Gasteiger partial charge in [0.05, 0.1) is 6.34 Å². The Hall–Kier alpha value is -2.25. The third-order valence-electron chi connectivity index (χ3n) is 4.49. The maximum Gasteiger partial charge on any atom is 0.348 e. The molecule has 4 heterocycles. The van der Waals surface area contributed by atoms with E-state index in [1.165, 1.54) is 17.8 Å². The second-order valence-corrected chi connectivity index (χ2v) is 8.34. The number of carboxylic acid groups (broad SMARTS) is 1. The van der Waals surface area contributed by atoms with E-state index in [1.54, 1.807) is 11.3 Å². The Labute approximate surface area is 159 Å². The number of fused-ring (bicyclic) bond motifs is 1. The van der Waals surface area contributed by atoms with Crippen LogP contribution in [0.25, 0.3) is 20.7 Å². The number of nitrogens with zero attached hydrogens (tertiary/aromatic N) is 3. The van der Waals surface area contributed by atoms with E-state index in [9.17, 15) is 9.90 Å². The Bertz CT molecular complexity index is 970. The highest BCUT2D eigenvalue weighted by Gasteiger charge is 2.22. The largest absolute Gasteiger partial charge is 0.477 e. The van der Waals surface area contributed by atoms with Crippen LogP contribution in [0.15, 0.2) is 28.6 Å². The molecule has 1 fully saturated rings. The molecule has 134 valence electrons. The van der Waals surface area contributed by atoms with Crippen molar-refractivity contribution in [3.8, 4) is 10.4 Å². The predicted octanol–water partition coefficient (Wildman–Crippen LogP) is 5.18. The second kappa shape index (κ2) is 7.17. The fourth-order valence-electron chi connectivity index (χ4n) is 3.27. The lowest BCUT2D eigenvalue weighted by Gasteiger charge is -2.23. The molecule has 0 aromatic carbocycles.